The van der Waals surface area contributed by atoms with Gasteiger partial charge in [0.25, 0.3) is 5.91 Å². The minimum absolute atomic E-state index is 0.0575. The molecule has 8 nitrogen and oxygen atoms in total. The predicted octanol–water partition coefficient (Wildman–Crippen LogP) is 2.34. The molecule has 0 spiro atoms. The van der Waals surface area contributed by atoms with E-state index >= 15 is 0 Å². The third-order valence-electron chi connectivity index (χ3n) is 5.99. The van der Waals surface area contributed by atoms with Gasteiger partial charge in [-0.05, 0) is 6.42 Å². The smallest absolute Gasteiger partial charge is 0.289 e. The molecule has 2 aromatic rings. The summed E-state index contributed by atoms with van der Waals surface area (Å²) in [4.78, 5) is 38.8. The first-order valence-corrected chi connectivity index (χ1v) is 10.0. The quantitative estimate of drug-likeness (QED) is 0.382. The maximum Gasteiger partial charge on any atom is 0.289 e. The van der Waals surface area contributed by atoms with Gasteiger partial charge in [-0.1, -0.05) is 0 Å². The van der Waals surface area contributed by atoms with Crippen molar-refractivity contribution < 1.29 is 36.3 Å². The molecule has 0 bridgehead atoms. The molecule has 4 rings (SSSR count). The van der Waals surface area contributed by atoms with E-state index in [0.717, 1.165) is 4.90 Å². The molecule has 1 saturated heterocycles. The van der Waals surface area contributed by atoms with Gasteiger partial charge < -0.3 is 10.2 Å². The van der Waals surface area contributed by atoms with Crippen LogP contribution >= 0.6 is 0 Å². The van der Waals surface area contributed by atoms with Crippen LogP contribution in [0.15, 0.2) is 18.3 Å². The molecule has 2 aliphatic rings. The summed E-state index contributed by atoms with van der Waals surface area (Å²) < 4.78 is 66.9. The van der Waals surface area contributed by atoms with E-state index in [9.17, 15) is 36.3 Å². The summed E-state index contributed by atoms with van der Waals surface area (Å²) in [7, 11) is 0. The SMILES string of the molecule is O=C(CC1(c2cn[nH]n2)CC(F)(F)C1)C(=O)N1CC[C@H](C(=O)Nc2cc(F)c(F)c(F)c2)C1. The molecule has 1 aliphatic carbocycles. The zero-order valence-electron chi connectivity index (χ0n) is 17.0. The van der Waals surface area contributed by atoms with E-state index in [4.69, 9.17) is 0 Å². The number of likely N-dealkylation sites (tertiary alicyclic amines) is 1. The van der Waals surface area contributed by atoms with Gasteiger partial charge in [0.2, 0.25) is 17.6 Å². The minimum Gasteiger partial charge on any atom is -0.335 e. The number of carbonyl (C=O) groups is 3. The molecule has 33 heavy (non-hydrogen) atoms. The van der Waals surface area contributed by atoms with Gasteiger partial charge in [-0.25, -0.2) is 22.0 Å². The van der Waals surface area contributed by atoms with Crippen LogP contribution in [0.3, 0.4) is 0 Å². The Morgan fingerprint density at radius 1 is 1.15 bits per heavy atom. The van der Waals surface area contributed by atoms with E-state index in [2.05, 4.69) is 20.7 Å². The molecule has 0 unspecified atom stereocenters. The van der Waals surface area contributed by atoms with Gasteiger partial charge in [0.05, 0.1) is 17.8 Å². The summed E-state index contributed by atoms with van der Waals surface area (Å²) in [5.41, 5.74) is -1.42. The van der Waals surface area contributed by atoms with E-state index < -0.39 is 71.6 Å². The number of hydrogen-bond acceptors (Lipinski definition) is 5. The lowest BCUT2D eigenvalue weighted by atomic mass is 9.61. The van der Waals surface area contributed by atoms with E-state index in [1.807, 2.05) is 0 Å². The third kappa shape index (κ3) is 4.44. The van der Waals surface area contributed by atoms with Gasteiger partial charge in [0.15, 0.2) is 17.5 Å². The lowest BCUT2D eigenvalue weighted by molar-refractivity contribution is -0.153. The van der Waals surface area contributed by atoms with Gasteiger partial charge in [-0.3, -0.25) is 14.4 Å². The number of anilines is 1. The van der Waals surface area contributed by atoms with E-state index in [1.54, 1.807) is 0 Å². The fourth-order valence-corrected chi connectivity index (χ4v) is 4.38. The largest absolute Gasteiger partial charge is 0.335 e. The van der Waals surface area contributed by atoms with Crippen LogP contribution < -0.4 is 5.32 Å². The number of rotatable bonds is 6. The highest BCUT2D eigenvalue weighted by atomic mass is 19.3. The fourth-order valence-electron chi connectivity index (χ4n) is 4.38. The maximum absolute atomic E-state index is 13.6. The molecule has 2 heterocycles. The Kier molecular flexibility index (Phi) is 5.66. The van der Waals surface area contributed by atoms with Crippen LogP contribution in [0.5, 0.6) is 0 Å². The summed E-state index contributed by atoms with van der Waals surface area (Å²) >= 11 is 0. The Morgan fingerprint density at radius 2 is 1.82 bits per heavy atom. The van der Waals surface area contributed by atoms with Crippen molar-refractivity contribution >= 4 is 23.3 Å². The van der Waals surface area contributed by atoms with Crippen LogP contribution in [-0.4, -0.2) is 56.9 Å². The predicted molar refractivity (Wildman–Crippen MR) is 101 cm³/mol. The van der Waals surface area contributed by atoms with Gasteiger partial charge in [-0.2, -0.15) is 15.4 Å². The molecule has 2 N–H and O–H groups in total. The van der Waals surface area contributed by atoms with Crippen molar-refractivity contribution in [1.82, 2.24) is 20.3 Å². The molecule has 1 aromatic carbocycles. The molecule has 0 radical (unpaired) electrons. The molecule has 1 aliphatic heterocycles. The second-order valence-electron chi connectivity index (χ2n) is 8.42. The van der Waals surface area contributed by atoms with Gasteiger partial charge in [0.1, 0.15) is 0 Å². The topological polar surface area (TPSA) is 108 Å². The highest BCUT2D eigenvalue weighted by Crippen LogP contribution is 2.54. The number of benzene rings is 1. The van der Waals surface area contributed by atoms with Crippen LogP contribution in [-0.2, 0) is 19.8 Å². The van der Waals surface area contributed by atoms with Crippen molar-refractivity contribution in [3.05, 3.63) is 41.5 Å². The van der Waals surface area contributed by atoms with Crippen LogP contribution in [0.2, 0.25) is 0 Å². The summed E-state index contributed by atoms with van der Waals surface area (Å²) in [5, 5.41) is 12.0. The fraction of sp³-hybridized carbons (Fsp3) is 0.450. The van der Waals surface area contributed by atoms with Crippen molar-refractivity contribution in [3.63, 3.8) is 0 Å². The third-order valence-corrected chi connectivity index (χ3v) is 5.99. The molecule has 1 saturated carbocycles. The number of nitrogens with one attached hydrogen (secondary N) is 2. The zero-order chi connectivity index (χ0) is 24.0. The second kappa shape index (κ2) is 8.19. The van der Waals surface area contributed by atoms with Crippen molar-refractivity contribution in [3.8, 4) is 0 Å². The zero-order valence-corrected chi connectivity index (χ0v) is 17.0. The Morgan fingerprint density at radius 3 is 2.39 bits per heavy atom. The highest BCUT2D eigenvalue weighted by Gasteiger charge is 2.59. The number of amides is 2. The molecule has 1 atom stereocenters. The van der Waals surface area contributed by atoms with Gasteiger partial charge in [0, 0.05) is 55.6 Å². The second-order valence-corrected chi connectivity index (χ2v) is 8.42. The van der Waals surface area contributed by atoms with Gasteiger partial charge in [-0.15, -0.1) is 0 Å². The number of nitrogens with zero attached hydrogens (tertiary/aromatic N) is 3. The Labute approximate surface area is 183 Å². The Bertz CT molecular complexity index is 1080. The standard InChI is InChI=1S/C20H18F5N5O3/c21-12-3-11(4-13(22)16(12)23)27-17(32)10-1-2-30(7-10)18(33)14(31)5-19(8-20(24,25)9-19)15-6-26-29-28-15/h3-4,6,10H,1-2,5,7-9H2,(H,27,32)(H,26,28,29)/t10-/m0/s1. The van der Waals surface area contributed by atoms with Crippen molar-refractivity contribution in [2.45, 2.75) is 37.0 Å². The molecule has 1 aromatic heterocycles. The number of hydrogen-bond donors (Lipinski definition) is 2. The molecule has 2 fully saturated rings. The number of ketones is 1. The number of H-pyrrole nitrogens is 1. The van der Waals surface area contributed by atoms with Crippen LogP contribution in [0.25, 0.3) is 0 Å². The van der Waals surface area contributed by atoms with E-state index in [0.29, 0.717) is 12.1 Å². The van der Waals surface area contributed by atoms with E-state index in [-0.39, 0.29) is 30.9 Å². The molecule has 13 heteroatoms. The molecular weight excluding hydrogens is 453 g/mol. The van der Waals surface area contributed by atoms with Crippen molar-refractivity contribution in [2.75, 3.05) is 18.4 Å². The monoisotopic (exact) mass is 471 g/mol. The number of alkyl halides is 2. The summed E-state index contributed by atoms with van der Waals surface area (Å²) in [6, 6.07) is 1.24. The number of Topliss-reactive ketones (excluding diaryl/α,β-unsaturated/α-hetero) is 1. The number of aromatic nitrogens is 3. The van der Waals surface area contributed by atoms with E-state index in [1.165, 1.54) is 6.20 Å². The number of carbonyl (C=O) groups excluding carboxylic acids is 3. The molecule has 2 amide bonds. The average molecular weight is 471 g/mol. The lowest BCUT2D eigenvalue weighted by Crippen LogP contribution is -2.52. The maximum atomic E-state index is 13.6. The first-order chi connectivity index (χ1) is 15.5. The first kappa shape index (κ1) is 22.8. The Hall–Kier alpha value is -3.38. The van der Waals surface area contributed by atoms with Crippen molar-refractivity contribution in [1.29, 1.82) is 0 Å². The number of halogens is 5. The van der Waals surface area contributed by atoms with Crippen LogP contribution in [0.1, 0.15) is 31.4 Å². The van der Waals surface area contributed by atoms with Crippen molar-refractivity contribution in [2.24, 2.45) is 5.92 Å². The van der Waals surface area contributed by atoms with Crippen LogP contribution in [0.4, 0.5) is 27.6 Å². The summed E-state index contributed by atoms with van der Waals surface area (Å²) in [6.45, 7) is -0.0857. The molecule has 176 valence electrons. The summed E-state index contributed by atoms with van der Waals surface area (Å²) in [5.74, 6) is -10.8. The van der Waals surface area contributed by atoms with Gasteiger partial charge >= 0.3 is 0 Å². The summed E-state index contributed by atoms with van der Waals surface area (Å²) in [6.07, 6.45) is -0.341. The Balaban J connectivity index is 1.37. The number of aromatic amines is 1. The normalized spacial score (nSPS) is 20.9. The minimum atomic E-state index is -2.97. The lowest BCUT2D eigenvalue weighted by Gasteiger charge is -2.45. The first-order valence-electron chi connectivity index (χ1n) is 10.0. The highest BCUT2D eigenvalue weighted by molar-refractivity contribution is 6.36. The average Bonchev–Trinajstić information content (AvgIpc) is 3.42. The molecular formula is C20H18F5N5O3. The van der Waals surface area contributed by atoms with Crippen LogP contribution in [0, 0.1) is 23.4 Å².